The maximum absolute atomic E-state index is 13.5. The second kappa shape index (κ2) is 7.44. The van der Waals surface area contributed by atoms with Crippen LogP contribution in [0.1, 0.15) is 52.7 Å². The van der Waals surface area contributed by atoms with Crippen LogP contribution in [0.15, 0.2) is 66.7 Å². The molecule has 0 spiro atoms. The van der Waals surface area contributed by atoms with Crippen molar-refractivity contribution in [1.82, 2.24) is 0 Å². The van der Waals surface area contributed by atoms with Crippen molar-refractivity contribution in [2.45, 2.75) is 31.2 Å². The zero-order valence-electron chi connectivity index (χ0n) is 17.5. The SMILES string of the molecule is O=C(Nc1ccc(F)c(F)c1)c1ccc2c(c1)[C@H]1[C@H]3CC[C@H](C3)[C@H]1[C@H](c1ccccc1)N2. The van der Waals surface area contributed by atoms with E-state index < -0.39 is 11.6 Å². The Bertz CT molecular complexity index is 1200. The van der Waals surface area contributed by atoms with Crippen LogP contribution in [0, 0.1) is 29.4 Å². The van der Waals surface area contributed by atoms with Gasteiger partial charge >= 0.3 is 0 Å². The largest absolute Gasteiger partial charge is 0.378 e. The topological polar surface area (TPSA) is 41.1 Å². The fourth-order valence-corrected chi connectivity index (χ4v) is 6.39. The molecule has 2 aliphatic carbocycles. The fourth-order valence-electron chi connectivity index (χ4n) is 6.39. The molecule has 3 aromatic carbocycles. The first-order chi connectivity index (χ1) is 15.6. The fraction of sp³-hybridized carbons (Fsp3) is 0.296. The minimum absolute atomic E-state index is 0.242. The summed E-state index contributed by atoms with van der Waals surface area (Å²) in [4.78, 5) is 12.9. The molecule has 1 aliphatic heterocycles. The van der Waals surface area contributed by atoms with Gasteiger partial charge in [-0.25, -0.2) is 8.78 Å². The van der Waals surface area contributed by atoms with E-state index in [1.54, 1.807) is 6.07 Å². The van der Waals surface area contributed by atoms with E-state index in [0.717, 1.165) is 17.8 Å². The molecule has 0 saturated heterocycles. The molecule has 0 aromatic heterocycles. The van der Waals surface area contributed by atoms with Crippen LogP contribution in [0.3, 0.4) is 0 Å². The smallest absolute Gasteiger partial charge is 0.255 e. The molecular formula is C27H24F2N2O. The van der Waals surface area contributed by atoms with Gasteiger partial charge in [0.15, 0.2) is 11.6 Å². The number of hydrogen-bond donors (Lipinski definition) is 2. The maximum atomic E-state index is 13.5. The van der Waals surface area contributed by atoms with Gasteiger partial charge in [-0.3, -0.25) is 4.79 Å². The summed E-state index contributed by atoms with van der Waals surface area (Å²) in [6.07, 6.45) is 3.78. The second-order valence-corrected chi connectivity index (χ2v) is 9.35. The number of fused-ring (bicyclic) bond motifs is 7. The average molecular weight is 430 g/mol. The normalized spacial score (nSPS) is 27.4. The van der Waals surface area contributed by atoms with E-state index in [4.69, 9.17) is 0 Å². The summed E-state index contributed by atoms with van der Waals surface area (Å²) < 4.78 is 26.7. The number of benzene rings is 3. The van der Waals surface area contributed by atoms with Gasteiger partial charge in [0, 0.05) is 23.0 Å². The molecule has 6 rings (SSSR count). The molecule has 5 atom stereocenters. The van der Waals surface area contributed by atoms with Gasteiger partial charge in [-0.15, -0.1) is 0 Å². The minimum Gasteiger partial charge on any atom is -0.378 e. The lowest BCUT2D eigenvalue weighted by atomic mass is 9.68. The van der Waals surface area contributed by atoms with E-state index in [9.17, 15) is 13.6 Å². The van der Waals surface area contributed by atoms with E-state index in [2.05, 4.69) is 41.0 Å². The van der Waals surface area contributed by atoms with Crippen LogP contribution in [0.25, 0.3) is 0 Å². The van der Waals surface area contributed by atoms with Gasteiger partial charge in [0.25, 0.3) is 5.91 Å². The Morgan fingerprint density at radius 3 is 2.53 bits per heavy atom. The lowest BCUT2D eigenvalue weighted by molar-refractivity contribution is 0.102. The van der Waals surface area contributed by atoms with Gasteiger partial charge in [0.05, 0.1) is 6.04 Å². The molecule has 32 heavy (non-hydrogen) atoms. The zero-order valence-corrected chi connectivity index (χ0v) is 17.5. The van der Waals surface area contributed by atoms with Crippen molar-refractivity contribution in [3.8, 4) is 0 Å². The summed E-state index contributed by atoms with van der Waals surface area (Å²) in [5, 5.41) is 6.47. The van der Waals surface area contributed by atoms with Gasteiger partial charge < -0.3 is 10.6 Å². The van der Waals surface area contributed by atoms with Gasteiger partial charge in [0.1, 0.15) is 0 Å². The van der Waals surface area contributed by atoms with Crippen LogP contribution >= 0.6 is 0 Å². The third kappa shape index (κ3) is 3.10. The van der Waals surface area contributed by atoms with Crippen LogP contribution in [-0.2, 0) is 0 Å². The number of hydrogen-bond acceptors (Lipinski definition) is 2. The van der Waals surface area contributed by atoms with E-state index in [1.807, 2.05) is 12.1 Å². The highest BCUT2D eigenvalue weighted by Gasteiger charge is 2.53. The van der Waals surface area contributed by atoms with Gasteiger partial charge in [0.2, 0.25) is 0 Å². The number of rotatable bonds is 3. The van der Waals surface area contributed by atoms with Gasteiger partial charge in [-0.1, -0.05) is 30.3 Å². The van der Waals surface area contributed by atoms with Crippen LogP contribution < -0.4 is 10.6 Å². The van der Waals surface area contributed by atoms with E-state index in [0.29, 0.717) is 29.2 Å². The van der Waals surface area contributed by atoms with Crippen molar-refractivity contribution in [2.24, 2.45) is 17.8 Å². The molecule has 3 nitrogen and oxygen atoms in total. The van der Waals surface area contributed by atoms with Crippen molar-refractivity contribution in [3.05, 3.63) is 95.1 Å². The Morgan fingerprint density at radius 2 is 1.72 bits per heavy atom. The van der Waals surface area contributed by atoms with Crippen molar-refractivity contribution < 1.29 is 13.6 Å². The first-order valence-corrected chi connectivity index (χ1v) is 11.3. The van der Waals surface area contributed by atoms with Crippen molar-refractivity contribution in [1.29, 1.82) is 0 Å². The highest BCUT2D eigenvalue weighted by Crippen LogP contribution is 2.63. The van der Waals surface area contributed by atoms with Crippen molar-refractivity contribution >= 4 is 17.3 Å². The van der Waals surface area contributed by atoms with E-state index >= 15 is 0 Å². The number of amides is 1. The number of nitrogens with one attached hydrogen (secondary N) is 2. The Labute approximate surface area is 185 Å². The molecule has 3 aliphatic rings. The molecule has 2 fully saturated rings. The van der Waals surface area contributed by atoms with Crippen LogP contribution in [0.5, 0.6) is 0 Å². The quantitative estimate of drug-likeness (QED) is 0.497. The average Bonchev–Trinajstić information content (AvgIpc) is 3.44. The molecule has 162 valence electrons. The highest BCUT2D eigenvalue weighted by atomic mass is 19.2. The number of carbonyl (C=O) groups is 1. The van der Waals surface area contributed by atoms with Crippen LogP contribution in [-0.4, -0.2) is 5.91 Å². The summed E-state index contributed by atoms with van der Waals surface area (Å²) in [5.41, 5.74) is 4.41. The standard InChI is InChI=1S/C27H24F2N2O/c28-21-10-9-19(14-22(21)29)30-27(32)18-8-11-23-20(13-18)24-16-6-7-17(12-16)25(24)26(31-23)15-4-2-1-3-5-15/h1-5,8-11,13-14,16-17,24-26,31H,6-7,12H2,(H,30,32)/t16-,17+,24+,25+,26-/m0/s1. The lowest BCUT2D eigenvalue weighted by Gasteiger charge is -2.43. The lowest BCUT2D eigenvalue weighted by Crippen LogP contribution is -2.35. The Balaban J connectivity index is 1.34. The third-order valence-electron chi connectivity index (χ3n) is 7.69. The Kier molecular flexibility index (Phi) is 4.53. The molecule has 2 saturated carbocycles. The Morgan fingerprint density at radius 1 is 0.906 bits per heavy atom. The van der Waals surface area contributed by atoms with Crippen molar-refractivity contribution in [2.75, 3.05) is 10.6 Å². The number of halogens is 2. The second-order valence-electron chi connectivity index (χ2n) is 9.35. The highest BCUT2D eigenvalue weighted by molar-refractivity contribution is 6.04. The van der Waals surface area contributed by atoms with Crippen LogP contribution in [0.4, 0.5) is 20.2 Å². The summed E-state index contributed by atoms with van der Waals surface area (Å²) in [6.45, 7) is 0. The molecule has 5 heteroatoms. The molecule has 1 heterocycles. The molecule has 2 N–H and O–H groups in total. The molecule has 0 unspecified atom stereocenters. The number of carbonyl (C=O) groups excluding carboxylic acids is 1. The third-order valence-corrected chi connectivity index (χ3v) is 7.69. The van der Waals surface area contributed by atoms with E-state index in [1.165, 1.54) is 36.5 Å². The maximum Gasteiger partial charge on any atom is 0.255 e. The predicted molar refractivity (Wildman–Crippen MR) is 121 cm³/mol. The first kappa shape index (κ1) is 19.5. The summed E-state index contributed by atoms with van der Waals surface area (Å²) >= 11 is 0. The number of anilines is 2. The molecule has 0 radical (unpaired) electrons. The minimum atomic E-state index is -0.978. The Hall–Kier alpha value is -3.21. The molecular weight excluding hydrogens is 406 g/mol. The monoisotopic (exact) mass is 430 g/mol. The van der Waals surface area contributed by atoms with Crippen molar-refractivity contribution in [3.63, 3.8) is 0 Å². The molecule has 1 amide bonds. The zero-order chi connectivity index (χ0) is 21.8. The molecule has 3 aromatic rings. The van der Waals surface area contributed by atoms with E-state index in [-0.39, 0.29) is 17.6 Å². The van der Waals surface area contributed by atoms with Crippen LogP contribution in [0.2, 0.25) is 0 Å². The first-order valence-electron chi connectivity index (χ1n) is 11.3. The van der Waals surface area contributed by atoms with Gasteiger partial charge in [-0.05, 0) is 84.4 Å². The summed E-state index contributed by atoms with van der Waals surface area (Å²) in [7, 11) is 0. The van der Waals surface area contributed by atoms with Gasteiger partial charge in [-0.2, -0.15) is 0 Å². The molecule has 2 bridgehead atoms. The predicted octanol–water partition coefficient (Wildman–Crippen LogP) is 6.51. The summed E-state index contributed by atoms with van der Waals surface area (Å²) in [6, 6.07) is 20.1. The summed E-state index contributed by atoms with van der Waals surface area (Å²) in [5.74, 6) is 0.0903.